The Hall–Kier alpha value is -0.870. The number of aryl methyl sites for hydroxylation is 1. The molecule has 19 heavy (non-hydrogen) atoms. The van der Waals surface area contributed by atoms with Crippen LogP contribution in [0, 0.1) is 6.92 Å². The lowest BCUT2D eigenvalue weighted by Gasteiger charge is -2.18. The van der Waals surface area contributed by atoms with E-state index in [1.807, 2.05) is 30.3 Å². The first kappa shape index (κ1) is 14.5. The zero-order valence-corrected chi connectivity index (χ0v) is 13.0. The Morgan fingerprint density at radius 1 is 1.26 bits per heavy atom. The molecule has 0 amide bonds. The monoisotopic (exact) mass is 338 g/mol. The van der Waals surface area contributed by atoms with Crippen LogP contribution in [0.15, 0.2) is 46.9 Å². The zero-order valence-electron chi connectivity index (χ0n) is 10.7. The van der Waals surface area contributed by atoms with Crippen LogP contribution in [-0.4, -0.2) is 0 Å². The molecule has 4 heteroatoms. The molecule has 100 valence electrons. The molecule has 0 heterocycles. The maximum absolute atomic E-state index is 6.09. The Morgan fingerprint density at radius 3 is 2.63 bits per heavy atom. The summed E-state index contributed by atoms with van der Waals surface area (Å²) in [7, 11) is 0. The molecule has 1 unspecified atom stereocenters. The summed E-state index contributed by atoms with van der Waals surface area (Å²) in [6.45, 7) is 2.11. The molecular formula is C15H16BrClN2. The number of halogens is 2. The molecule has 0 bridgehead atoms. The summed E-state index contributed by atoms with van der Waals surface area (Å²) in [6, 6.07) is 14.2. The van der Waals surface area contributed by atoms with Crippen LogP contribution in [0.25, 0.3) is 0 Å². The summed E-state index contributed by atoms with van der Waals surface area (Å²) in [5, 5.41) is 0.703. The number of nitrogens with two attached hydrogens (primary N) is 1. The van der Waals surface area contributed by atoms with Gasteiger partial charge in [-0.1, -0.05) is 51.8 Å². The minimum atomic E-state index is 0.0381. The van der Waals surface area contributed by atoms with E-state index < -0.39 is 0 Å². The van der Waals surface area contributed by atoms with Gasteiger partial charge < -0.3 is 0 Å². The van der Waals surface area contributed by atoms with Crippen molar-refractivity contribution in [3.63, 3.8) is 0 Å². The molecule has 0 aliphatic heterocycles. The molecule has 0 radical (unpaired) electrons. The zero-order chi connectivity index (χ0) is 13.8. The SMILES string of the molecule is Cc1ccccc1CC(NN)c1cc(Cl)cc(Br)c1. The van der Waals surface area contributed by atoms with Crippen molar-refractivity contribution in [2.75, 3.05) is 0 Å². The van der Waals surface area contributed by atoms with Crippen LogP contribution in [0.4, 0.5) is 0 Å². The van der Waals surface area contributed by atoms with Crippen molar-refractivity contribution in [3.8, 4) is 0 Å². The van der Waals surface area contributed by atoms with Gasteiger partial charge in [-0.2, -0.15) is 0 Å². The van der Waals surface area contributed by atoms with E-state index in [9.17, 15) is 0 Å². The van der Waals surface area contributed by atoms with Crippen molar-refractivity contribution in [2.24, 2.45) is 5.84 Å². The molecule has 0 saturated carbocycles. The highest BCUT2D eigenvalue weighted by Gasteiger charge is 2.13. The molecular weight excluding hydrogens is 324 g/mol. The van der Waals surface area contributed by atoms with Crippen molar-refractivity contribution in [1.29, 1.82) is 0 Å². The fraction of sp³-hybridized carbons (Fsp3) is 0.200. The number of hydrazine groups is 1. The summed E-state index contributed by atoms with van der Waals surface area (Å²) < 4.78 is 0.958. The van der Waals surface area contributed by atoms with Gasteiger partial charge >= 0.3 is 0 Å². The van der Waals surface area contributed by atoms with Crippen LogP contribution in [-0.2, 0) is 6.42 Å². The highest BCUT2D eigenvalue weighted by molar-refractivity contribution is 9.10. The van der Waals surface area contributed by atoms with Crippen molar-refractivity contribution < 1.29 is 0 Å². The van der Waals surface area contributed by atoms with Crippen LogP contribution in [0.3, 0.4) is 0 Å². The fourth-order valence-electron chi connectivity index (χ4n) is 2.11. The molecule has 0 aromatic heterocycles. The van der Waals surface area contributed by atoms with Gasteiger partial charge in [0.1, 0.15) is 0 Å². The molecule has 2 nitrogen and oxygen atoms in total. The Labute approximate surface area is 127 Å². The van der Waals surface area contributed by atoms with Crippen molar-refractivity contribution >= 4 is 27.5 Å². The number of rotatable bonds is 4. The largest absolute Gasteiger partial charge is 0.271 e. The van der Waals surface area contributed by atoms with Gasteiger partial charge in [-0.15, -0.1) is 0 Å². The van der Waals surface area contributed by atoms with Crippen LogP contribution in [0.1, 0.15) is 22.7 Å². The molecule has 2 rings (SSSR count). The predicted molar refractivity (Wildman–Crippen MR) is 84.1 cm³/mol. The third-order valence-electron chi connectivity index (χ3n) is 3.17. The summed E-state index contributed by atoms with van der Waals surface area (Å²) in [4.78, 5) is 0. The Bertz CT molecular complexity index is 552. The Morgan fingerprint density at radius 2 is 2.00 bits per heavy atom. The highest BCUT2D eigenvalue weighted by atomic mass is 79.9. The van der Waals surface area contributed by atoms with Gasteiger partial charge in [-0.25, -0.2) is 0 Å². The lowest BCUT2D eigenvalue weighted by Crippen LogP contribution is -2.29. The van der Waals surface area contributed by atoms with Gasteiger partial charge in [0.15, 0.2) is 0 Å². The smallest absolute Gasteiger partial charge is 0.0501 e. The normalized spacial score (nSPS) is 12.4. The summed E-state index contributed by atoms with van der Waals surface area (Å²) in [5.41, 5.74) is 6.49. The molecule has 0 saturated heterocycles. The number of nitrogens with one attached hydrogen (secondary N) is 1. The van der Waals surface area contributed by atoms with Gasteiger partial charge in [0, 0.05) is 9.50 Å². The lowest BCUT2D eigenvalue weighted by atomic mass is 9.96. The van der Waals surface area contributed by atoms with E-state index >= 15 is 0 Å². The average Bonchev–Trinajstić information content (AvgIpc) is 2.36. The fourth-order valence-corrected chi connectivity index (χ4v) is 2.99. The summed E-state index contributed by atoms with van der Waals surface area (Å²) >= 11 is 9.54. The standard InChI is InChI=1S/C15H16BrClN2/c1-10-4-2-3-5-11(10)8-15(19-18)12-6-13(16)9-14(17)7-12/h2-7,9,15,19H,8,18H2,1H3. The maximum Gasteiger partial charge on any atom is 0.0501 e. The molecule has 0 aliphatic carbocycles. The topological polar surface area (TPSA) is 38.0 Å². The minimum absolute atomic E-state index is 0.0381. The van der Waals surface area contributed by atoms with E-state index in [0.29, 0.717) is 5.02 Å². The Kier molecular flexibility index (Phi) is 4.99. The molecule has 3 N–H and O–H groups in total. The second-order valence-corrected chi connectivity index (χ2v) is 5.90. The van der Waals surface area contributed by atoms with Crippen LogP contribution in [0.2, 0.25) is 5.02 Å². The molecule has 1 atom stereocenters. The van der Waals surface area contributed by atoms with E-state index in [2.05, 4.69) is 40.4 Å². The average molecular weight is 340 g/mol. The van der Waals surface area contributed by atoms with Crippen molar-refractivity contribution in [3.05, 3.63) is 68.7 Å². The van der Waals surface area contributed by atoms with Crippen molar-refractivity contribution in [1.82, 2.24) is 5.43 Å². The van der Waals surface area contributed by atoms with Gasteiger partial charge in [-0.3, -0.25) is 11.3 Å². The second-order valence-electron chi connectivity index (χ2n) is 4.55. The third-order valence-corrected chi connectivity index (χ3v) is 3.85. The third kappa shape index (κ3) is 3.80. The first-order chi connectivity index (χ1) is 9.10. The van der Waals surface area contributed by atoms with E-state index in [1.165, 1.54) is 11.1 Å². The maximum atomic E-state index is 6.09. The quantitative estimate of drug-likeness (QED) is 0.648. The number of benzene rings is 2. The molecule has 0 spiro atoms. The number of hydrogen-bond acceptors (Lipinski definition) is 2. The van der Waals surface area contributed by atoms with Crippen LogP contribution >= 0.6 is 27.5 Å². The lowest BCUT2D eigenvalue weighted by molar-refractivity contribution is 0.550. The number of hydrogen-bond donors (Lipinski definition) is 2. The first-order valence-electron chi connectivity index (χ1n) is 6.07. The van der Waals surface area contributed by atoms with Crippen LogP contribution in [0.5, 0.6) is 0 Å². The highest BCUT2D eigenvalue weighted by Crippen LogP contribution is 2.26. The van der Waals surface area contributed by atoms with Gasteiger partial charge in [0.2, 0.25) is 0 Å². The van der Waals surface area contributed by atoms with Gasteiger partial charge in [-0.05, 0) is 48.2 Å². The predicted octanol–water partition coefficient (Wildman–Crippen LogP) is 4.16. The molecule has 0 fully saturated rings. The summed E-state index contributed by atoms with van der Waals surface area (Å²) in [6.07, 6.45) is 0.829. The van der Waals surface area contributed by atoms with Crippen LogP contribution < -0.4 is 11.3 Å². The molecule has 0 aliphatic rings. The minimum Gasteiger partial charge on any atom is -0.271 e. The van der Waals surface area contributed by atoms with E-state index in [-0.39, 0.29) is 6.04 Å². The molecule has 2 aromatic rings. The van der Waals surface area contributed by atoms with E-state index in [0.717, 1.165) is 16.5 Å². The summed E-state index contributed by atoms with van der Waals surface area (Å²) in [5.74, 6) is 5.69. The molecule has 2 aromatic carbocycles. The van der Waals surface area contributed by atoms with Gasteiger partial charge in [0.25, 0.3) is 0 Å². The Balaban J connectivity index is 2.28. The van der Waals surface area contributed by atoms with Crippen molar-refractivity contribution in [2.45, 2.75) is 19.4 Å². The van der Waals surface area contributed by atoms with E-state index in [1.54, 1.807) is 0 Å². The first-order valence-corrected chi connectivity index (χ1v) is 7.24. The van der Waals surface area contributed by atoms with Gasteiger partial charge in [0.05, 0.1) is 6.04 Å². The van der Waals surface area contributed by atoms with E-state index in [4.69, 9.17) is 17.4 Å². The second kappa shape index (κ2) is 6.53.